The third-order valence-electron chi connectivity index (χ3n) is 7.08. The van der Waals surface area contributed by atoms with Gasteiger partial charge in [-0.15, -0.1) is 0 Å². The van der Waals surface area contributed by atoms with Gasteiger partial charge >= 0.3 is 0 Å². The fourth-order valence-electron chi connectivity index (χ4n) is 4.78. The van der Waals surface area contributed by atoms with Crippen LogP contribution in [0.4, 0.5) is 5.69 Å². The minimum Gasteiger partial charge on any atom is -0.507 e. The molecule has 1 N–H and O–H groups in total. The summed E-state index contributed by atoms with van der Waals surface area (Å²) in [4.78, 5) is 28.7. The van der Waals surface area contributed by atoms with Crippen LogP contribution in [-0.4, -0.2) is 23.4 Å². The van der Waals surface area contributed by atoms with Crippen molar-refractivity contribution in [3.8, 4) is 5.75 Å². The summed E-state index contributed by atoms with van der Waals surface area (Å²) in [5, 5.41) is 11.7. The summed E-state index contributed by atoms with van der Waals surface area (Å²) in [5.41, 5.74) is 4.81. The van der Waals surface area contributed by atoms with Crippen molar-refractivity contribution < 1.29 is 19.4 Å². The van der Waals surface area contributed by atoms with Gasteiger partial charge in [0.25, 0.3) is 11.7 Å². The van der Waals surface area contributed by atoms with Gasteiger partial charge in [0, 0.05) is 17.3 Å². The monoisotopic (exact) mass is 511 g/mol. The predicted octanol–water partition coefficient (Wildman–Crippen LogP) is 7.27. The number of carbonyl (C=O) groups is 2. The zero-order valence-corrected chi connectivity index (χ0v) is 23.2. The fraction of sp³-hybridized carbons (Fsp3) is 0.333. The molecule has 5 heteroatoms. The van der Waals surface area contributed by atoms with Crippen LogP contribution in [-0.2, 0) is 21.4 Å². The van der Waals surface area contributed by atoms with Gasteiger partial charge in [-0.3, -0.25) is 14.5 Å². The molecule has 1 atom stereocenters. The SMILES string of the molecule is CCCOc1cccc(N2C(=O)C(=O)/C(=C(/O)c3cc(C(C)(C)C)ccc3C)C2c2ccc(CC)cc2)c1. The number of Topliss-reactive ketones (excluding diaryl/α,β-unsaturated/α-hetero) is 1. The molecule has 3 aromatic carbocycles. The van der Waals surface area contributed by atoms with Crippen LogP contribution in [0.1, 0.15) is 74.9 Å². The number of rotatable bonds is 7. The number of nitrogens with zero attached hydrogens (tertiary/aromatic N) is 1. The van der Waals surface area contributed by atoms with Gasteiger partial charge in [-0.25, -0.2) is 0 Å². The Bertz CT molecular complexity index is 1380. The molecule has 5 nitrogen and oxygen atoms in total. The standard InChI is InChI=1S/C33H37NO4/c1-7-18-38-26-11-9-10-25(20-26)34-29(23-15-13-22(8-2)14-16-23)28(31(36)32(34)37)30(35)27-19-24(33(4,5)6)17-12-21(27)3/h9-17,19-20,29,35H,7-8,18H2,1-6H3/b30-28+. The average molecular weight is 512 g/mol. The second-order valence-electron chi connectivity index (χ2n) is 10.9. The lowest BCUT2D eigenvalue weighted by atomic mass is 9.84. The minimum atomic E-state index is -0.778. The molecule has 1 heterocycles. The van der Waals surface area contributed by atoms with Crippen LogP contribution in [0.25, 0.3) is 5.76 Å². The van der Waals surface area contributed by atoms with E-state index in [9.17, 15) is 14.7 Å². The fourth-order valence-corrected chi connectivity index (χ4v) is 4.78. The summed E-state index contributed by atoms with van der Waals surface area (Å²) in [6.07, 6.45) is 1.72. The molecule has 1 fully saturated rings. The molecule has 1 unspecified atom stereocenters. The molecule has 0 radical (unpaired) electrons. The van der Waals surface area contributed by atoms with E-state index in [-0.39, 0.29) is 16.7 Å². The van der Waals surface area contributed by atoms with E-state index >= 15 is 0 Å². The Hall–Kier alpha value is -3.86. The van der Waals surface area contributed by atoms with Gasteiger partial charge in [-0.1, -0.05) is 77.1 Å². The summed E-state index contributed by atoms with van der Waals surface area (Å²) in [6, 6.07) is 20.2. The number of benzene rings is 3. The van der Waals surface area contributed by atoms with Crippen molar-refractivity contribution in [3.63, 3.8) is 0 Å². The molecule has 1 aliphatic heterocycles. The number of aliphatic hydroxyl groups is 1. The van der Waals surface area contributed by atoms with Crippen LogP contribution in [0.3, 0.4) is 0 Å². The van der Waals surface area contributed by atoms with Crippen LogP contribution in [0.2, 0.25) is 0 Å². The lowest BCUT2D eigenvalue weighted by Gasteiger charge is -2.26. The number of ketones is 1. The van der Waals surface area contributed by atoms with Crippen LogP contribution in [0.5, 0.6) is 5.75 Å². The molecule has 0 saturated carbocycles. The van der Waals surface area contributed by atoms with Crippen molar-refractivity contribution in [1.82, 2.24) is 0 Å². The van der Waals surface area contributed by atoms with E-state index in [1.54, 1.807) is 12.1 Å². The average Bonchev–Trinajstić information content (AvgIpc) is 3.17. The van der Waals surface area contributed by atoms with Gasteiger partial charge in [-0.05, 0) is 65.6 Å². The quantitative estimate of drug-likeness (QED) is 0.206. The maximum atomic E-state index is 13.6. The van der Waals surface area contributed by atoms with E-state index in [1.165, 1.54) is 4.90 Å². The third kappa shape index (κ3) is 5.24. The van der Waals surface area contributed by atoms with Crippen LogP contribution >= 0.6 is 0 Å². The number of amides is 1. The molecule has 0 aliphatic carbocycles. The van der Waals surface area contributed by atoms with Gasteiger partial charge in [0.15, 0.2) is 0 Å². The second kappa shape index (κ2) is 10.9. The number of ether oxygens (including phenoxy) is 1. The van der Waals surface area contributed by atoms with Crippen molar-refractivity contribution in [2.75, 3.05) is 11.5 Å². The van der Waals surface area contributed by atoms with Crippen LogP contribution in [0.15, 0.2) is 72.3 Å². The zero-order valence-electron chi connectivity index (χ0n) is 23.2. The molecular weight excluding hydrogens is 474 g/mol. The van der Waals surface area contributed by atoms with E-state index in [0.29, 0.717) is 23.6 Å². The lowest BCUT2D eigenvalue weighted by Crippen LogP contribution is -2.29. The number of aliphatic hydroxyl groups excluding tert-OH is 1. The number of aryl methyl sites for hydroxylation is 2. The smallest absolute Gasteiger partial charge is 0.300 e. The van der Waals surface area contributed by atoms with Crippen LogP contribution < -0.4 is 9.64 Å². The molecule has 1 amide bonds. The predicted molar refractivity (Wildman–Crippen MR) is 153 cm³/mol. The van der Waals surface area contributed by atoms with Crippen molar-refractivity contribution in [1.29, 1.82) is 0 Å². The summed E-state index contributed by atoms with van der Waals surface area (Å²) in [6.45, 7) is 12.9. The highest BCUT2D eigenvalue weighted by Gasteiger charge is 2.47. The summed E-state index contributed by atoms with van der Waals surface area (Å²) >= 11 is 0. The zero-order chi connectivity index (χ0) is 27.6. The Kier molecular flexibility index (Phi) is 7.77. The van der Waals surface area contributed by atoms with Crippen molar-refractivity contribution in [3.05, 3.63) is 100 Å². The first-order valence-electron chi connectivity index (χ1n) is 13.3. The number of anilines is 1. The highest BCUT2D eigenvalue weighted by molar-refractivity contribution is 6.51. The Balaban J connectivity index is 1.93. The number of hydrogen-bond donors (Lipinski definition) is 1. The highest BCUT2D eigenvalue weighted by Crippen LogP contribution is 2.43. The summed E-state index contributed by atoms with van der Waals surface area (Å²) < 4.78 is 5.81. The van der Waals surface area contributed by atoms with E-state index in [0.717, 1.165) is 35.1 Å². The number of carbonyl (C=O) groups excluding carboxylic acids is 2. The summed E-state index contributed by atoms with van der Waals surface area (Å²) in [5.74, 6) is -0.904. The lowest BCUT2D eigenvalue weighted by molar-refractivity contribution is -0.132. The molecule has 38 heavy (non-hydrogen) atoms. The Morgan fingerprint density at radius 1 is 0.974 bits per heavy atom. The van der Waals surface area contributed by atoms with Gasteiger partial charge in [0.05, 0.1) is 18.2 Å². The Labute approximate surface area is 225 Å². The molecule has 1 aliphatic rings. The first-order valence-corrected chi connectivity index (χ1v) is 13.3. The van der Waals surface area contributed by atoms with Crippen molar-refractivity contribution in [2.45, 2.75) is 65.8 Å². The first-order chi connectivity index (χ1) is 18.1. The Morgan fingerprint density at radius 3 is 2.32 bits per heavy atom. The molecule has 3 aromatic rings. The molecule has 4 rings (SSSR count). The molecule has 198 valence electrons. The normalized spacial score (nSPS) is 17.2. The largest absolute Gasteiger partial charge is 0.507 e. The highest BCUT2D eigenvalue weighted by atomic mass is 16.5. The second-order valence-corrected chi connectivity index (χ2v) is 10.9. The van der Waals surface area contributed by atoms with Crippen molar-refractivity contribution >= 4 is 23.1 Å². The van der Waals surface area contributed by atoms with E-state index < -0.39 is 17.7 Å². The minimum absolute atomic E-state index is 0.0910. The van der Waals surface area contributed by atoms with Gasteiger partial charge in [0.2, 0.25) is 0 Å². The first kappa shape index (κ1) is 27.2. The van der Waals surface area contributed by atoms with Gasteiger partial charge in [-0.2, -0.15) is 0 Å². The maximum absolute atomic E-state index is 13.6. The van der Waals surface area contributed by atoms with Crippen molar-refractivity contribution in [2.24, 2.45) is 0 Å². The van der Waals surface area contributed by atoms with Gasteiger partial charge in [0.1, 0.15) is 11.5 Å². The van der Waals surface area contributed by atoms with Crippen LogP contribution in [0, 0.1) is 6.92 Å². The third-order valence-corrected chi connectivity index (χ3v) is 7.08. The Morgan fingerprint density at radius 2 is 1.68 bits per heavy atom. The number of hydrogen-bond acceptors (Lipinski definition) is 4. The van der Waals surface area contributed by atoms with E-state index in [2.05, 4.69) is 27.7 Å². The molecule has 0 spiro atoms. The maximum Gasteiger partial charge on any atom is 0.300 e. The van der Waals surface area contributed by atoms with Gasteiger partial charge < -0.3 is 9.84 Å². The summed E-state index contributed by atoms with van der Waals surface area (Å²) in [7, 11) is 0. The molecule has 0 aromatic heterocycles. The van der Waals surface area contributed by atoms with E-state index in [1.807, 2.05) is 68.4 Å². The molecule has 0 bridgehead atoms. The molecule has 1 saturated heterocycles. The molecular formula is C33H37NO4. The topological polar surface area (TPSA) is 66.8 Å². The van der Waals surface area contributed by atoms with E-state index in [4.69, 9.17) is 4.74 Å².